The largest absolute Gasteiger partial charge is 0.462 e. The van der Waals surface area contributed by atoms with Crippen molar-refractivity contribution < 1.29 is 9.21 Å². The molecule has 1 heterocycles. The van der Waals surface area contributed by atoms with E-state index in [1.54, 1.807) is 18.2 Å². The maximum absolute atomic E-state index is 12.6. The Labute approximate surface area is 141 Å². The number of nitrogens with two attached hydrogens (primary N) is 1. The number of furan rings is 1. The van der Waals surface area contributed by atoms with Crippen LogP contribution in [0.4, 0.5) is 5.69 Å². The van der Waals surface area contributed by atoms with Gasteiger partial charge in [0.05, 0.1) is 0 Å². The molecule has 0 unspecified atom stereocenters. The Hall–Kier alpha value is -3.07. The Morgan fingerprint density at radius 2 is 1.75 bits per heavy atom. The smallest absolute Gasteiger partial charge is 0.195 e. The standard InChI is InChI=1S/C21H19NO2/c1-14-12-18(24-15(14)2)10-8-16-9-11-20(22)19(13-16)21(23)17-6-4-3-5-7-17/h3-13H,22H2,1-2H3/b10-8+. The quantitative estimate of drug-likeness (QED) is 0.551. The lowest BCUT2D eigenvalue weighted by molar-refractivity contribution is 0.103. The van der Waals surface area contributed by atoms with Gasteiger partial charge in [0, 0.05) is 16.8 Å². The summed E-state index contributed by atoms with van der Waals surface area (Å²) < 4.78 is 5.63. The fourth-order valence-electron chi connectivity index (χ4n) is 2.48. The second kappa shape index (κ2) is 6.59. The van der Waals surface area contributed by atoms with E-state index in [9.17, 15) is 4.79 Å². The van der Waals surface area contributed by atoms with Crippen LogP contribution in [0.25, 0.3) is 12.2 Å². The minimum Gasteiger partial charge on any atom is -0.462 e. The number of aryl methyl sites for hydroxylation is 2. The van der Waals surface area contributed by atoms with Crippen LogP contribution in [0.1, 0.15) is 38.6 Å². The highest BCUT2D eigenvalue weighted by molar-refractivity contribution is 6.12. The molecule has 2 N–H and O–H groups in total. The molecular weight excluding hydrogens is 298 g/mol. The van der Waals surface area contributed by atoms with Crippen LogP contribution in [-0.2, 0) is 0 Å². The van der Waals surface area contributed by atoms with E-state index in [1.807, 2.05) is 62.4 Å². The molecule has 120 valence electrons. The third-order valence-electron chi connectivity index (χ3n) is 3.98. The van der Waals surface area contributed by atoms with Crippen molar-refractivity contribution in [3.8, 4) is 0 Å². The highest BCUT2D eigenvalue weighted by Gasteiger charge is 2.12. The molecule has 0 spiro atoms. The van der Waals surface area contributed by atoms with Gasteiger partial charge in [-0.1, -0.05) is 42.5 Å². The van der Waals surface area contributed by atoms with Gasteiger partial charge in [-0.3, -0.25) is 4.79 Å². The zero-order valence-corrected chi connectivity index (χ0v) is 13.7. The van der Waals surface area contributed by atoms with Gasteiger partial charge in [0.15, 0.2) is 5.78 Å². The third kappa shape index (κ3) is 3.30. The summed E-state index contributed by atoms with van der Waals surface area (Å²) in [5.74, 6) is 1.62. The Kier molecular flexibility index (Phi) is 4.34. The van der Waals surface area contributed by atoms with E-state index < -0.39 is 0 Å². The van der Waals surface area contributed by atoms with Gasteiger partial charge in [-0.15, -0.1) is 0 Å². The molecule has 0 saturated heterocycles. The van der Waals surface area contributed by atoms with E-state index >= 15 is 0 Å². The van der Waals surface area contributed by atoms with E-state index in [4.69, 9.17) is 10.2 Å². The average Bonchev–Trinajstić information content (AvgIpc) is 2.92. The molecule has 0 atom stereocenters. The van der Waals surface area contributed by atoms with Gasteiger partial charge >= 0.3 is 0 Å². The second-order valence-electron chi connectivity index (χ2n) is 5.76. The number of carbonyl (C=O) groups is 1. The van der Waals surface area contributed by atoms with Crippen LogP contribution in [0.2, 0.25) is 0 Å². The van der Waals surface area contributed by atoms with Crippen molar-refractivity contribution in [1.82, 2.24) is 0 Å². The van der Waals surface area contributed by atoms with Crippen molar-refractivity contribution in [1.29, 1.82) is 0 Å². The van der Waals surface area contributed by atoms with Gasteiger partial charge in [-0.05, 0) is 49.2 Å². The first-order valence-corrected chi connectivity index (χ1v) is 7.79. The van der Waals surface area contributed by atoms with E-state index in [0.717, 1.165) is 22.6 Å². The predicted molar refractivity (Wildman–Crippen MR) is 97.8 cm³/mol. The molecule has 0 aliphatic heterocycles. The summed E-state index contributed by atoms with van der Waals surface area (Å²) in [7, 11) is 0. The average molecular weight is 317 g/mol. The summed E-state index contributed by atoms with van der Waals surface area (Å²) in [6, 6.07) is 16.6. The topological polar surface area (TPSA) is 56.2 Å². The minimum absolute atomic E-state index is 0.0759. The maximum atomic E-state index is 12.6. The summed E-state index contributed by atoms with van der Waals surface area (Å²) in [6.45, 7) is 3.95. The van der Waals surface area contributed by atoms with Crippen molar-refractivity contribution >= 4 is 23.6 Å². The number of hydrogen-bond donors (Lipinski definition) is 1. The summed E-state index contributed by atoms with van der Waals surface area (Å²) in [4.78, 5) is 12.6. The zero-order chi connectivity index (χ0) is 17.1. The molecule has 3 rings (SSSR count). The molecule has 0 aliphatic rings. The van der Waals surface area contributed by atoms with Crippen molar-refractivity contribution in [2.24, 2.45) is 0 Å². The van der Waals surface area contributed by atoms with Gasteiger partial charge in [0.1, 0.15) is 11.5 Å². The second-order valence-corrected chi connectivity index (χ2v) is 5.76. The molecule has 0 fully saturated rings. The highest BCUT2D eigenvalue weighted by atomic mass is 16.3. The van der Waals surface area contributed by atoms with Crippen LogP contribution in [-0.4, -0.2) is 5.78 Å². The molecule has 3 nitrogen and oxygen atoms in total. The lowest BCUT2D eigenvalue weighted by atomic mass is 9.99. The summed E-state index contributed by atoms with van der Waals surface area (Å²) in [5.41, 5.74) is 9.62. The minimum atomic E-state index is -0.0759. The number of anilines is 1. The fraction of sp³-hybridized carbons (Fsp3) is 0.0952. The summed E-state index contributed by atoms with van der Waals surface area (Å²) in [6.07, 6.45) is 3.81. The van der Waals surface area contributed by atoms with Crippen LogP contribution in [0.5, 0.6) is 0 Å². The predicted octanol–water partition coefficient (Wildman–Crippen LogP) is 4.88. The number of carbonyl (C=O) groups excluding carboxylic acids is 1. The summed E-state index contributed by atoms with van der Waals surface area (Å²) in [5, 5.41) is 0. The van der Waals surface area contributed by atoms with Crippen LogP contribution >= 0.6 is 0 Å². The van der Waals surface area contributed by atoms with Crippen molar-refractivity contribution in [2.45, 2.75) is 13.8 Å². The lowest BCUT2D eigenvalue weighted by Crippen LogP contribution is -2.05. The molecule has 3 heteroatoms. The molecule has 3 aromatic rings. The van der Waals surface area contributed by atoms with Crippen LogP contribution in [0, 0.1) is 13.8 Å². The van der Waals surface area contributed by atoms with Gasteiger partial charge in [-0.25, -0.2) is 0 Å². The van der Waals surface area contributed by atoms with Crippen LogP contribution in [0.15, 0.2) is 59.0 Å². The number of benzene rings is 2. The van der Waals surface area contributed by atoms with E-state index in [-0.39, 0.29) is 5.78 Å². The number of hydrogen-bond acceptors (Lipinski definition) is 3. The van der Waals surface area contributed by atoms with E-state index in [1.165, 1.54) is 0 Å². The van der Waals surface area contributed by atoms with Crippen molar-refractivity contribution in [2.75, 3.05) is 5.73 Å². The Morgan fingerprint density at radius 3 is 2.42 bits per heavy atom. The lowest BCUT2D eigenvalue weighted by Gasteiger charge is -2.06. The molecule has 0 aliphatic carbocycles. The van der Waals surface area contributed by atoms with E-state index in [2.05, 4.69) is 0 Å². The fourth-order valence-corrected chi connectivity index (χ4v) is 2.48. The van der Waals surface area contributed by atoms with Crippen molar-refractivity contribution in [3.05, 3.63) is 88.4 Å². The summed E-state index contributed by atoms with van der Waals surface area (Å²) >= 11 is 0. The molecule has 0 saturated carbocycles. The Morgan fingerprint density at radius 1 is 1.00 bits per heavy atom. The SMILES string of the molecule is Cc1cc(/C=C/c2ccc(N)c(C(=O)c3ccccc3)c2)oc1C. The molecule has 1 aromatic heterocycles. The number of ketones is 1. The first-order chi connectivity index (χ1) is 11.5. The molecule has 2 aromatic carbocycles. The maximum Gasteiger partial charge on any atom is 0.195 e. The molecular formula is C21H19NO2. The number of rotatable bonds is 4. The number of nitrogen functional groups attached to an aromatic ring is 1. The van der Waals surface area contributed by atoms with Gasteiger partial charge in [0.2, 0.25) is 0 Å². The normalized spacial score (nSPS) is 11.1. The van der Waals surface area contributed by atoms with Gasteiger partial charge < -0.3 is 10.2 Å². The first-order valence-electron chi connectivity index (χ1n) is 7.79. The Balaban J connectivity index is 1.90. The third-order valence-corrected chi connectivity index (χ3v) is 3.98. The molecule has 0 bridgehead atoms. The zero-order valence-electron chi connectivity index (χ0n) is 13.7. The first kappa shape index (κ1) is 15.8. The molecule has 0 radical (unpaired) electrons. The van der Waals surface area contributed by atoms with E-state index in [0.29, 0.717) is 16.8 Å². The highest BCUT2D eigenvalue weighted by Crippen LogP contribution is 2.21. The van der Waals surface area contributed by atoms with Crippen molar-refractivity contribution in [3.63, 3.8) is 0 Å². The van der Waals surface area contributed by atoms with Crippen LogP contribution in [0.3, 0.4) is 0 Å². The monoisotopic (exact) mass is 317 g/mol. The molecule has 0 amide bonds. The Bertz CT molecular complexity index is 885. The van der Waals surface area contributed by atoms with Gasteiger partial charge in [0.25, 0.3) is 0 Å². The van der Waals surface area contributed by atoms with Gasteiger partial charge in [-0.2, -0.15) is 0 Å². The van der Waals surface area contributed by atoms with Crippen LogP contribution < -0.4 is 5.73 Å². The molecule has 24 heavy (non-hydrogen) atoms.